The number of β-amino-alcohol motifs (C(OH)–C–C–N with tert-alkyl or cyclic N) is 1. The van der Waals surface area contributed by atoms with E-state index in [0.717, 1.165) is 25.3 Å². The fourth-order valence-corrected chi connectivity index (χ4v) is 3.07. The van der Waals surface area contributed by atoms with E-state index in [-0.39, 0.29) is 6.54 Å². The van der Waals surface area contributed by atoms with Crippen LogP contribution in [-0.4, -0.2) is 44.2 Å². The number of primary amides is 1. The van der Waals surface area contributed by atoms with Crippen molar-refractivity contribution in [3.05, 3.63) is 54.1 Å². The Balaban J connectivity index is 1.69. The van der Waals surface area contributed by atoms with Gasteiger partial charge in [0.2, 0.25) is 0 Å². The first kappa shape index (κ1) is 15.7. The van der Waals surface area contributed by atoms with Gasteiger partial charge in [0, 0.05) is 25.5 Å². The molecule has 1 amide bonds. The quantitative estimate of drug-likeness (QED) is 0.853. The Bertz CT molecular complexity index is 670. The van der Waals surface area contributed by atoms with Gasteiger partial charge in [-0.05, 0) is 24.9 Å². The van der Waals surface area contributed by atoms with Crippen LogP contribution in [0.15, 0.2) is 42.7 Å². The highest BCUT2D eigenvalue weighted by Gasteiger charge is 2.38. The second-order valence-corrected chi connectivity index (χ2v) is 6.17. The lowest BCUT2D eigenvalue weighted by Gasteiger charge is -2.36. The van der Waals surface area contributed by atoms with Gasteiger partial charge in [0.1, 0.15) is 5.82 Å². The molecule has 0 spiro atoms. The number of hydrogen-bond donors (Lipinski definition) is 2. The molecule has 1 aromatic carbocycles. The molecule has 6 heteroatoms. The van der Waals surface area contributed by atoms with Gasteiger partial charge in [-0.2, -0.15) is 0 Å². The number of hydrogen-bond acceptors (Lipinski definition) is 4. The third-order valence-electron chi connectivity index (χ3n) is 4.37. The molecule has 1 atom stereocenters. The van der Waals surface area contributed by atoms with Gasteiger partial charge in [-0.3, -0.25) is 9.69 Å². The Morgan fingerprint density at radius 1 is 1.30 bits per heavy atom. The number of benzene rings is 1. The molecule has 1 aliphatic rings. The second kappa shape index (κ2) is 6.52. The molecule has 1 aliphatic heterocycles. The fourth-order valence-electron chi connectivity index (χ4n) is 3.07. The predicted octanol–water partition coefficient (Wildman–Crippen LogP) is 0.744. The first-order chi connectivity index (χ1) is 11.1. The number of carbonyl (C=O) groups excluding carboxylic acids is 1. The van der Waals surface area contributed by atoms with Gasteiger partial charge in [-0.25, -0.2) is 4.98 Å². The monoisotopic (exact) mass is 314 g/mol. The molecule has 122 valence electrons. The lowest BCUT2D eigenvalue weighted by atomic mass is 9.92. The Morgan fingerprint density at radius 3 is 2.83 bits per heavy atom. The second-order valence-electron chi connectivity index (χ2n) is 6.17. The van der Waals surface area contributed by atoms with E-state index < -0.39 is 11.5 Å². The van der Waals surface area contributed by atoms with Crippen LogP contribution in [0, 0.1) is 0 Å². The standard InChI is InChI=1S/C17H22N4O2/c18-16(22)17(23)7-4-9-20(13-17)12-15-19-8-10-21(15)11-14-5-2-1-3-6-14/h1-3,5-6,8,10,23H,4,7,9,11-13H2,(H2,18,22). The summed E-state index contributed by atoms with van der Waals surface area (Å²) in [5.41, 5.74) is 5.12. The zero-order chi connectivity index (χ0) is 16.3. The molecule has 0 radical (unpaired) electrons. The van der Waals surface area contributed by atoms with Crippen LogP contribution >= 0.6 is 0 Å². The summed E-state index contributed by atoms with van der Waals surface area (Å²) in [6.45, 7) is 2.44. The number of rotatable bonds is 5. The van der Waals surface area contributed by atoms with Gasteiger partial charge < -0.3 is 15.4 Å². The number of nitrogens with two attached hydrogens (primary N) is 1. The average Bonchev–Trinajstić information content (AvgIpc) is 2.95. The third-order valence-corrected chi connectivity index (χ3v) is 4.37. The van der Waals surface area contributed by atoms with Crippen molar-refractivity contribution in [2.75, 3.05) is 13.1 Å². The van der Waals surface area contributed by atoms with Gasteiger partial charge in [-0.1, -0.05) is 30.3 Å². The molecule has 0 aliphatic carbocycles. The van der Waals surface area contributed by atoms with Gasteiger partial charge in [0.15, 0.2) is 5.60 Å². The fraction of sp³-hybridized carbons (Fsp3) is 0.412. The molecule has 6 nitrogen and oxygen atoms in total. The van der Waals surface area contributed by atoms with Crippen molar-refractivity contribution >= 4 is 5.91 Å². The van der Waals surface area contributed by atoms with E-state index >= 15 is 0 Å². The van der Waals surface area contributed by atoms with Crippen LogP contribution in [0.3, 0.4) is 0 Å². The van der Waals surface area contributed by atoms with E-state index in [0.29, 0.717) is 13.0 Å². The van der Waals surface area contributed by atoms with E-state index in [9.17, 15) is 9.90 Å². The van der Waals surface area contributed by atoms with Crippen molar-refractivity contribution < 1.29 is 9.90 Å². The minimum atomic E-state index is -1.42. The summed E-state index contributed by atoms with van der Waals surface area (Å²) in [5.74, 6) is 0.275. The first-order valence-corrected chi connectivity index (χ1v) is 7.85. The summed E-state index contributed by atoms with van der Waals surface area (Å²) < 4.78 is 2.09. The number of imidazole rings is 1. The zero-order valence-electron chi connectivity index (χ0n) is 13.1. The number of piperidine rings is 1. The smallest absolute Gasteiger partial charge is 0.250 e. The molecule has 1 saturated heterocycles. The van der Waals surface area contributed by atoms with Crippen LogP contribution in [0.25, 0.3) is 0 Å². The summed E-state index contributed by atoms with van der Waals surface area (Å²) in [4.78, 5) is 17.9. The van der Waals surface area contributed by atoms with Crippen molar-refractivity contribution in [3.8, 4) is 0 Å². The highest BCUT2D eigenvalue weighted by molar-refractivity contribution is 5.83. The van der Waals surface area contributed by atoms with E-state index in [2.05, 4.69) is 21.7 Å². The summed E-state index contributed by atoms with van der Waals surface area (Å²) in [6, 6.07) is 10.2. The number of carbonyl (C=O) groups is 1. The van der Waals surface area contributed by atoms with E-state index in [1.165, 1.54) is 5.56 Å². The van der Waals surface area contributed by atoms with Crippen LogP contribution in [0.1, 0.15) is 24.2 Å². The number of nitrogens with zero attached hydrogens (tertiary/aromatic N) is 3. The minimum Gasteiger partial charge on any atom is -0.379 e. The molecule has 1 aromatic heterocycles. The van der Waals surface area contributed by atoms with Crippen molar-refractivity contribution in [2.45, 2.75) is 31.5 Å². The van der Waals surface area contributed by atoms with Gasteiger partial charge in [0.25, 0.3) is 5.91 Å². The largest absolute Gasteiger partial charge is 0.379 e. The van der Waals surface area contributed by atoms with Crippen LogP contribution in [0.2, 0.25) is 0 Å². The van der Waals surface area contributed by atoms with E-state index in [1.54, 1.807) is 6.20 Å². The molecule has 0 bridgehead atoms. The molecule has 1 fully saturated rings. The molecule has 23 heavy (non-hydrogen) atoms. The van der Waals surface area contributed by atoms with Crippen LogP contribution in [-0.2, 0) is 17.9 Å². The normalized spacial score (nSPS) is 22.1. The van der Waals surface area contributed by atoms with Crippen molar-refractivity contribution in [1.82, 2.24) is 14.5 Å². The number of amides is 1. The summed E-state index contributed by atoms with van der Waals surface area (Å²) in [6.07, 6.45) is 4.91. The molecule has 2 heterocycles. The molecule has 3 rings (SSSR count). The van der Waals surface area contributed by atoms with Crippen LogP contribution in [0.5, 0.6) is 0 Å². The molecular formula is C17H22N4O2. The molecule has 3 N–H and O–H groups in total. The number of aromatic nitrogens is 2. The number of likely N-dealkylation sites (tertiary alicyclic amines) is 1. The van der Waals surface area contributed by atoms with E-state index in [1.807, 2.05) is 29.3 Å². The molecule has 2 aromatic rings. The van der Waals surface area contributed by atoms with Gasteiger partial charge >= 0.3 is 0 Å². The topological polar surface area (TPSA) is 84.4 Å². The Kier molecular flexibility index (Phi) is 4.45. The highest BCUT2D eigenvalue weighted by Crippen LogP contribution is 2.22. The Labute approximate surface area is 135 Å². The SMILES string of the molecule is NC(=O)C1(O)CCCN(Cc2nccn2Cc2ccccc2)C1. The maximum atomic E-state index is 11.5. The van der Waals surface area contributed by atoms with Crippen molar-refractivity contribution in [2.24, 2.45) is 5.73 Å². The summed E-state index contributed by atoms with van der Waals surface area (Å²) in [7, 11) is 0. The molecule has 0 saturated carbocycles. The van der Waals surface area contributed by atoms with Crippen molar-refractivity contribution in [3.63, 3.8) is 0 Å². The maximum Gasteiger partial charge on any atom is 0.250 e. The maximum absolute atomic E-state index is 11.5. The molecule has 1 unspecified atom stereocenters. The average molecular weight is 314 g/mol. The Morgan fingerprint density at radius 2 is 2.09 bits per heavy atom. The van der Waals surface area contributed by atoms with Crippen LogP contribution < -0.4 is 5.73 Å². The zero-order valence-corrected chi connectivity index (χ0v) is 13.1. The summed E-state index contributed by atoms with van der Waals surface area (Å²) >= 11 is 0. The highest BCUT2D eigenvalue weighted by atomic mass is 16.3. The lowest BCUT2D eigenvalue weighted by Crippen LogP contribution is -2.55. The first-order valence-electron chi connectivity index (χ1n) is 7.85. The molecular weight excluding hydrogens is 292 g/mol. The predicted molar refractivity (Wildman–Crippen MR) is 86.4 cm³/mol. The summed E-state index contributed by atoms with van der Waals surface area (Å²) in [5, 5.41) is 10.3. The van der Waals surface area contributed by atoms with Crippen molar-refractivity contribution in [1.29, 1.82) is 0 Å². The number of aliphatic hydroxyl groups is 1. The van der Waals surface area contributed by atoms with Gasteiger partial charge in [-0.15, -0.1) is 0 Å². The van der Waals surface area contributed by atoms with Gasteiger partial charge in [0.05, 0.1) is 6.54 Å². The minimum absolute atomic E-state index is 0.264. The van der Waals surface area contributed by atoms with E-state index in [4.69, 9.17) is 5.73 Å². The Hall–Kier alpha value is -2.18. The van der Waals surface area contributed by atoms with Crippen LogP contribution in [0.4, 0.5) is 0 Å². The lowest BCUT2D eigenvalue weighted by molar-refractivity contribution is -0.142. The third kappa shape index (κ3) is 3.60.